The Bertz CT molecular complexity index is 1940. The van der Waals surface area contributed by atoms with Gasteiger partial charge in [-0.3, -0.25) is 14.5 Å². The standard InChI is InChI=1S/C44H48N2O6/c1-30(36-24-19-32-9-3-4-10-37(32)25-36)46(2)28-39-26-41(34-17-15-31(29-47)16-18-34)52-44(51-39)35-22-20-33(21-23-35)40-12-6-5-11-38(40)27-45-42(48)13-7-8-14-43(49)50/h3-6,9-12,15-25,30,39,41,44,47H,7-8,13-14,26-29H2,1-2H3,(H,45,48)(H,49,50). The van der Waals surface area contributed by atoms with Crippen molar-refractivity contribution < 1.29 is 29.3 Å². The maximum absolute atomic E-state index is 12.4. The van der Waals surface area contributed by atoms with Gasteiger partial charge >= 0.3 is 5.97 Å². The minimum atomic E-state index is -0.842. The molecule has 3 N–H and O–H groups in total. The van der Waals surface area contributed by atoms with Gasteiger partial charge in [0.25, 0.3) is 0 Å². The Labute approximate surface area is 306 Å². The number of carbonyl (C=O) groups is 2. The van der Waals surface area contributed by atoms with E-state index in [1.165, 1.54) is 16.3 Å². The van der Waals surface area contributed by atoms with Crippen LogP contribution in [0.15, 0.2) is 115 Å². The number of hydrogen-bond donors (Lipinski definition) is 3. The average Bonchev–Trinajstić information content (AvgIpc) is 3.18. The molecule has 4 unspecified atom stereocenters. The second-order valence-electron chi connectivity index (χ2n) is 13.7. The van der Waals surface area contributed by atoms with Crippen molar-refractivity contribution in [2.45, 2.75) is 76.7 Å². The first-order valence-electron chi connectivity index (χ1n) is 18.1. The normalized spacial score (nSPS) is 18.0. The maximum atomic E-state index is 12.4. The summed E-state index contributed by atoms with van der Waals surface area (Å²) in [4.78, 5) is 25.5. The molecule has 1 fully saturated rings. The molecular weight excluding hydrogens is 652 g/mol. The van der Waals surface area contributed by atoms with Crippen LogP contribution in [0.2, 0.25) is 0 Å². The molecule has 1 saturated heterocycles. The first kappa shape index (κ1) is 36.9. The van der Waals surface area contributed by atoms with Crippen LogP contribution in [0, 0.1) is 0 Å². The van der Waals surface area contributed by atoms with Gasteiger partial charge in [0.05, 0.1) is 18.8 Å². The average molecular weight is 701 g/mol. The third-order valence-corrected chi connectivity index (χ3v) is 10.1. The number of nitrogens with one attached hydrogen (secondary N) is 1. The second-order valence-corrected chi connectivity index (χ2v) is 13.7. The number of fused-ring (bicyclic) bond motifs is 1. The molecule has 4 atom stereocenters. The van der Waals surface area contributed by atoms with E-state index in [1.807, 2.05) is 60.7 Å². The molecule has 8 nitrogen and oxygen atoms in total. The highest BCUT2D eigenvalue weighted by molar-refractivity contribution is 5.83. The maximum Gasteiger partial charge on any atom is 0.303 e. The summed E-state index contributed by atoms with van der Waals surface area (Å²) in [5.74, 6) is -0.931. The zero-order chi connectivity index (χ0) is 36.5. The van der Waals surface area contributed by atoms with E-state index in [1.54, 1.807) is 0 Å². The molecule has 6 rings (SSSR count). The summed E-state index contributed by atoms with van der Waals surface area (Å²) in [6.45, 7) is 3.33. The Morgan fingerprint density at radius 3 is 2.27 bits per heavy atom. The molecule has 0 spiro atoms. The number of hydrogen-bond acceptors (Lipinski definition) is 6. The SMILES string of the molecule is CC(c1ccc2ccccc2c1)N(C)CC1CC(c2ccc(CO)cc2)OC(c2ccc(-c3ccccc3CNC(=O)CCCCC(=O)O)cc2)O1. The van der Waals surface area contributed by atoms with Crippen molar-refractivity contribution >= 4 is 22.6 Å². The third-order valence-electron chi connectivity index (χ3n) is 10.1. The molecule has 0 aliphatic carbocycles. The summed E-state index contributed by atoms with van der Waals surface area (Å²) in [5.41, 5.74) is 7.12. The lowest BCUT2D eigenvalue weighted by molar-refractivity contribution is -0.253. The van der Waals surface area contributed by atoms with E-state index in [2.05, 4.69) is 78.8 Å². The zero-order valence-electron chi connectivity index (χ0n) is 29.9. The Morgan fingerprint density at radius 1 is 0.827 bits per heavy atom. The Balaban J connectivity index is 1.16. The smallest absolute Gasteiger partial charge is 0.303 e. The minimum absolute atomic E-state index is 0.00589. The fraction of sp³-hybridized carbons (Fsp3) is 0.318. The van der Waals surface area contributed by atoms with Crippen molar-refractivity contribution in [1.29, 1.82) is 0 Å². The number of likely N-dealkylation sites (N-methyl/N-ethyl adjacent to an activating group) is 1. The van der Waals surface area contributed by atoms with Gasteiger partial charge in [-0.15, -0.1) is 0 Å². The highest BCUT2D eigenvalue weighted by Gasteiger charge is 2.33. The van der Waals surface area contributed by atoms with Crippen LogP contribution in [0.4, 0.5) is 0 Å². The monoisotopic (exact) mass is 700 g/mol. The number of carboxylic acids is 1. The van der Waals surface area contributed by atoms with Crippen LogP contribution < -0.4 is 5.32 Å². The lowest BCUT2D eigenvalue weighted by Crippen LogP contribution is -2.38. The van der Waals surface area contributed by atoms with Crippen molar-refractivity contribution in [1.82, 2.24) is 10.2 Å². The predicted octanol–water partition coefficient (Wildman–Crippen LogP) is 8.50. The number of nitrogens with zero attached hydrogens (tertiary/aromatic N) is 1. The number of amides is 1. The van der Waals surface area contributed by atoms with Gasteiger partial charge in [-0.05, 0) is 77.0 Å². The van der Waals surface area contributed by atoms with Gasteiger partial charge in [-0.1, -0.05) is 109 Å². The summed E-state index contributed by atoms with van der Waals surface area (Å²) >= 11 is 0. The number of carboxylic acid groups (broad SMARTS) is 1. The fourth-order valence-electron chi connectivity index (χ4n) is 6.85. The van der Waals surface area contributed by atoms with Crippen LogP contribution in [0.1, 0.15) is 85.3 Å². The highest BCUT2D eigenvalue weighted by atomic mass is 16.7. The number of ether oxygens (including phenoxy) is 2. The molecule has 0 saturated carbocycles. The quantitative estimate of drug-likeness (QED) is 0.0941. The van der Waals surface area contributed by atoms with E-state index < -0.39 is 12.3 Å². The Hall–Kier alpha value is -4.86. The number of benzene rings is 5. The van der Waals surface area contributed by atoms with E-state index in [-0.39, 0.29) is 37.2 Å². The largest absolute Gasteiger partial charge is 0.481 e. The van der Waals surface area contributed by atoms with Crippen molar-refractivity contribution in [3.8, 4) is 11.1 Å². The lowest BCUT2D eigenvalue weighted by Gasteiger charge is -2.39. The van der Waals surface area contributed by atoms with Crippen LogP contribution in [0.3, 0.4) is 0 Å². The predicted molar refractivity (Wildman–Crippen MR) is 203 cm³/mol. The van der Waals surface area contributed by atoms with Gasteiger partial charge in [-0.25, -0.2) is 0 Å². The fourth-order valence-corrected chi connectivity index (χ4v) is 6.85. The zero-order valence-corrected chi connectivity index (χ0v) is 29.9. The second kappa shape index (κ2) is 17.6. The van der Waals surface area contributed by atoms with Gasteiger partial charge in [0.1, 0.15) is 0 Å². The number of aliphatic hydroxyl groups is 1. The van der Waals surface area contributed by atoms with Crippen LogP contribution in [-0.2, 0) is 32.2 Å². The minimum Gasteiger partial charge on any atom is -0.481 e. The van der Waals surface area contributed by atoms with Gasteiger partial charge < -0.3 is 25.0 Å². The van der Waals surface area contributed by atoms with Crippen molar-refractivity contribution in [2.75, 3.05) is 13.6 Å². The molecule has 5 aromatic carbocycles. The molecule has 1 amide bonds. The number of carbonyl (C=O) groups excluding carboxylic acids is 1. The summed E-state index contributed by atoms with van der Waals surface area (Å²) < 4.78 is 13.3. The molecule has 0 bridgehead atoms. The first-order chi connectivity index (χ1) is 25.3. The summed E-state index contributed by atoms with van der Waals surface area (Å²) in [6, 6.07) is 39.5. The van der Waals surface area contributed by atoms with E-state index in [0.717, 1.165) is 39.9 Å². The molecule has 1 aliphatic rings. The number of aliphatic carboxylic acids is 1. The number of aliphatic hydroxyl groups excluding tert-OH is 1. The molecule has 0 radical (unpaired) electrons. The number of unbranched alkanes of at least 4 members (excludes halogenated alkanes) is 1. The summed E-state index contributed by atoms with van der Waals surface area (Å²) in [5, 5.41) is 23.9. The van der Waals surface area contributed by atoms with Gasteiger partial charge in [0.2, 0.25) is 5.91 Å². The van der Waals surface area contributed by atoms with Gasteiger partial charge in [0.15, 0.2) is 6.29 Å². The van der Waals surface area contributed by atoms with E-state index in [9.17, 15) is 14.7 Å². The Kier molecular flexibility index (Phi) is 12.5. The molecule has 8 heteroatoms. The molecule has 1 heterocycles. The topological polar surface area (TPSA) is 108 Å². The van der Waals surface area contributed by atoms with Crippen molar-refractivity contribution in [3.63, 3.8) is 0 Å². The van der Waals surface area contributed by atoms with Gasteiger partial charge in [-0.2, -0.15) is 0 Å². The molecular formula is C44H48N2O6. The molecule has 1 aliphatic heterocycles. The Morgan fingerprint density at radius 2 is 1.52 bits per heavy atom. The molecule has 5 aromatic rings. The van der Waals surface area contributed by atoms with Crippen LogP contribution >= 0.6 is 0 Å². The van der Waals surface area contributed by atoms with Crippen LogP contribution in [-0.4, -0.2) is 46.7 Å². The van der Waals surface area contributed by atoms with Crippen molar-refractivity contribution in [2.24, 2.45) is 0 Å². The molecule has 0 aromatic heterocycles. The lowest BCUT2D eigenvalue weighted by atomic mass is 9.97. The third kappa shape index (κ3) is 9.52. The van der Waals surface area contributed by atoms with Gasteiger partial charge in [0, 0.05) is 44.0 Å². The van der Waals surface area contributed by atoms with Crippen molar-refractivity contribution in [3.05, 3.63) is 143 Å². The summed E-state index contributed by atoms with van der Waals surface area (Å²) in [7, 11) is 2.15. The summed E-state index contributed by atoms with van der Waals surface area (Å²) in [6.07, 6.45) is 1.25. The first-order valence-corrected chi connectivity index (χ1v) is 18.1. The highest BCUT2D eigenvalue weighted by Crippen LogP contribution is 2.39. The van der Waals surface area contributed by atoms with E-state index in [0.29, 0.717) is 32.2 Å². The molecule has 270 valence electrons. The number of rotatable bonds is 15. The molecule has 52 heavy (non-hydrogen) atoms. The van der Waals surface area contributed by atoms with E-state index >= 15 is 0 Å². The van der Waals surface area contributed by atoms with E-state index in [4.69, 9.17) is 14.6 Å². The van der Waals surface area contributed by atoms with Crippen LogP contribution in [0.25, 0.3) is 21.9 Å². The van der Waals surface area contributed by atoms with Crippen LogP contribution in [0.5, 0.6) is 0 Å².